The first-order valence-electron chi connectivity index (χ1n) is 10.2. The number of rotatable bonds is 11. The summed E-state index contributed by atoms with van der Waals surface area (Å²) in [6.07, 6.45) is 3.97. The van der Waals surface area contributed by atoms with Crippen molar-refractivity contribution in [3.05, 3.63) is 90.0 Å². The molecule has 0 atom stereocenters. The van der Waals surface area contributed by atoms with Crippen molar-refractivity contribution in [2.24, 2.45) is 5.73 Å². The van der Waals surface area contributed by atoms with Crippen LogP contribution in [0.15, 0.2) is 78.9 Å². The molecule has 3 aromatic rings. The summed E-state index contributed by atoms with van der Waals surface area (Å²) in [5.74, 6) is 1.73. The first kappa shape index (κ1) is 21.7. The molecule has 0 radical (unpaired) electrons. The van der Waals surface area contributed by atoms with Gasteiger partial charge in [0.25, 0.3) is 0 Å². The first-order valence-corrected chi connectivity index (χ1v) is 10.6. The smallest absolute Gasteiger partial charge is 0.168 e. The predicted octanol–water partition coefficient (Wildman–Crippen LogP) is 5.56. The number of thiocarbonyl (C=S) groups is 1. The molecule has 0 aromatic heterocycles. The molecule has 0 aliphatic carbocycles. The van der Waals surface area contributed by atoms with Crippen LogP contribution in [0.1, 0.15) is 30.4 Å². The summed E-state index contributed by atoms with van der Waals surface area (Å²) in [6, 6.07) is 26.5. The Labute approximate surface area is 184 Å². The summed E-state index contributed by atoms with van der Waals surface area (Å²) in [7, 11) is 0. The van der Waals surface area contributed by atoms with E-state index in [0.717, 1.165) is 42.9 Å². The Hall–Kier alpha value is -3.05. The maximum Gasteiger partial charge on any atom is 0.168 e. The highest BCUT2D eigenvalue weighted by molar-refractivity contribution is 7.80. The maximum absolute atomic E-state index is 5.86. The lowest BCUT2D eigenvalue weighted by molar-refractivity contribution is 0.279. The lowest BCUT2D eigenvalue weighted by atomic mass is 10.1. The van der Waals surface area contributed by atoms with Crippen LogP contribution in [0.4, 0.5) is 5.69 Å². The zero-order valence-electron chi connectivity index (χ0n) is 17.1. The molecule has 0 aliphatic rings. The molecule has 3 rings (SSSR count). The van der Waals surface area contributed by atoms with Crippen LogP contribution in [0, 0.1) is 0 Å². The summed E-state index contributed by atoms with van der Waals surface area (Å²) in [4.78, 5) is 0. The van der Waals surface area contributed by atoms with Gasteiger partial charge in [-0.3, -0.25) is 0 Å². The van der Waals surface area contributed by atoms with Gasteiger partial charge in [-0.2, -0.15) is 0 Å². The van der Waals surface area contributed by atoms with Gasteiger partial charge in [0.1, 0.15) is 11.5 Å². The van der Waals surface area contributed by atoms with E-state index in [1.807, 2.05) is 30.3 Å². The summed E-state index contributed by atoms with van der Waals surface area (Å²) in [6.45, 7) is 1.39. The van der Waals surface area contributed by atoms with Crippen molar-refractivity contribution < 1.29 is 9.47 Å². The van der Waals surface area contributed by atoms with E-state index in [4.69, 9.17) is 27.4 Å². The second kappa shape index (κ2) is 11.8. The molecule has 3 N–H and O–H groups in total. The third kappa shape index (κ3) is 7.76. The number of hydrogen-bond acceptors (Lipinski definition) is 3. The molecule has 0 saturated carbocycles. The first-order chi connectivity index (χ1) is 14.7. The minimum atomic E-state index is 0.248. The number of ether oxygens (including phenoxy) is 2. The van der Waals surface area contributed by atoms with Gasteiger partial charge in [-0.05, 0) is 73.3 Å². The van der Waals surface area contributed by atoms with E-state index in [2.05, 4.69) is 53.8 Å². The molecule has 0 aliphatic heterocycles. The van der Waals surface area contributed by atoms with Crippen LogP contribution in [0.5, 0.6) is 11.5 Å². The topological polar surface area (TPSA) is 56.5 Å². The Morgan fingerprint density at radius 2 is 1.40 bits per heavy atom. The monoisotopic (exact) mass is 420 g/mol. The van der Waals surface area contributed by atoms with Crippen LogP contribution in [-0.2, 0) is 6.42 Å². The van der Waals surface area contributed by atoms with Crippen molar-refractivity contribution in [2.75, 3.05) is 18.5 Å². The molecule has 0 saturated heterocycles. The molecule has 0 bridgehead atoms. The Bertz CT molecular complexity index is 914. The molecule has 30 heavy (non-hydrogen) atoms. The molecule has 5 heteroatoms. The minimum absolute atomic E-state index is 0.248. The summed E-state index contributed by atoms with van der Waals surface area (Å²) in [5, 5.41) is 3.16. The van der Waals surface area contributed by atoms with Crippen LogP contribution in [-0.4, -0.2) is 18.3 Å². The molecule has 4 nitrogen and oxygen atoms in total. The number of unbranched alkanes of at least 4 members (excludes halogenated alkanes) is 2. The molecular formula is C25H28N2O2S. The highest BCUT2D eigenvalue weighted by Gasteiger charge is 2.00. The van der Waals surface area contributed by atoms with E-state index in [0.29, 0.717) is 13.2 Å². The zero-order chi connectivity index (χ0) is 21.0. The van der Waals surface area contributed by atoms with Gasteiger partial charge in [0.2, 0.25) is 0 Å². The standard InChI is InChI=1S/C25H28N2O2S/c26-25(30)27-22-10-7-11-24(19-22)29-17-6-2-5-16-28-23-14-12-21(13-15-23)18-20-8-3-1-4-9-20/h1,3-4,7-15,19H,2,5-6,16-18H2,(H3,26,27,30). The molecule has 0 amide bonds. The molecule has 0 unspecified atom stereocenters. The van der Waals surface area contributed by atoms with Crippen molar-refractivity contribution in [3.63, 3.8) is 0 Å². The highest BCUT2D eigenvalue weighted by Crippen LogP contribution is 2.18. The summed E-state index contributed by atoms with van der Waals surface area (Å²) in [5.41, 5.74) is 8.94. The minimum Gasteiger partial charge on any atom is -0.494 e. The maximum atomic E-state index is 5.86. The van der Waals surface area contributed by atoms with Gasteiger partial charge in [-0.15, -0.1) is 0 Å². The van der Waals surface area contributed by atoms with Gasteiger partial charge in [-0.1, -0.05) is 48.5 Å². The number of anilines is 1. The lowest BCUT2D eigenvalue weighted by Gasteiger charge is -2.10. The zero-order valence-corrected chi connectivity index (χ0v) is 17.9. The Kier molecular flexibility index (Phi) is 8.54. The van der Waals surface area contributed by atoms with E-state index in [9.17, 15) is 0 Å². The fourth-order valence-electron chi connectivity index (χ4n) is 3.10. The average Bonchev–Trinajstić information content (AvgIpc) is 2.75. The van der Waals surface area contributed by atoms with Gasteiger partial charge >= 0.3 is 0 Å². The van der Waals surface area contributed by atoms with Crippen molar-refractivity contribution >= 4 is 23.0 Å². The van der Waals surface area contributed by atoms with E-state index in [1.165, 1.54) is 11.1 Å². The lowest BCUT2D eigenvalue weighted by Crippen LogP contribution is -2.18. The molecular weight excluding hydrogens is 392 g/mol. The van der Waals surface area contributed by atoms with Gasteiger partial charge in [0, 0.05) is 11.8 Å². The molecule has 0 fully saturated rings. The third-order valence-electron chi connectivity index (χ3n) is 4.60. The van der Waals surface area contributed by atoms with Crippen molar-refractivity contribution in [1.29, 1.82) is 0 Å². The van der Waals surface area contributed by atoms with E-state index in [1.54, 1.807) is 0 Å². The Morgan fingerprint density at radius 1 is 0.733 bits per heavy atom. The average molecular weight is 421 g/mol. The van der Waals surface area contributed by atoms with Crippen LogP contribution < -0.4 is 20.5 Å². The summed E-state index contributed by atoms with van der Waals surface area (Å²) >= 11 is 4.85. The van der Waals surface area contributed by atoms with Crippen LogP contribution in [0.2, 0.25) is 0 Å². The predicted molar refractivity (Wildman–Crippen MR) is 127 cm³/mol. The van der Waals surface area contributed by atoms with E-state index >= 15 is 0 Å². The van der Waals surface area contributed by atoms with Crippen molar-refractivity contribution in [1.82, 2.24) is 0 Å². The second-order valence-electron chi connectivity index (χ2n) is 7.08. The van der Waals surface area contributed by atoms with E-state index in [-0.39, 0.29) is 5.11 Å². The highest BCUT2D eigenvalue weighted by atomic mass is 32.1. The second-order valence-corrected chi connectivity index (χ2v) is 7.52. The Balaban J connectivity index is 1.29. The molecule has 0 heterocycles. The van der Waals surface area contributed by atoms with Crippen molar-refractivity contribution in [3.8, 4) is 11.5 Å². The SMILES string of the molecule is NC(=S)Nc1cccc(OCCCCCOc2ccc(Cc3ccccc3)cc2)c1. The quantitative estimate of drug-likeness (QED) is 0.314. The number of nitrogens with two attached hydrogens (primary N) is 1. The van der Waals surface area contributed by atoms with E-state index < -0.39 is 0 Å². The Morgan fingerprint density at radius 3 is 2.10 bits per heavy atom. The molecule has 0 spiro atoms. The van der Waals surface area contributed by atoms with Gasteiger partial charge in [0.15, 0.2) is 5.11 Å². The molecule has 156 valence electrons. The van der Waals surface area contributed by atoms with Crippen LogP contribution in [0.25, 0.3) is 0 Å². The number of hydrogen-bond donors (Lipinski definition) is 2. The van der Waals surface area contributed by atoms with Crippen LogP contribution in [0.3, 0.4) is 0 Å². The largest absolute Gasteiger partial charge is 0.494 e. The third-order valence-corrected chi connectivity index (χ3v) is 4.70. The van der Waals surface area contributed by atoms with Gasteiger partial charge < -0.3 is 20.5 Å². The van der Waals surface area contributed by atoms with Gasteiger partial charge in [-0.25, -0.2) is 0 Å². The fraction of sp³-hybridized carbons (Fsp3) is 0.240. The number of nitrogens with one attached hydrogen (secondary N) is 1. The number of benzene rings is 3. The fourth-order valence-corrected chi connectivity index (χ4v) is 3.22. The normalized spacial score (nSPS) is 10.4. The van der Waals surface area contributed by atoms with Crippen molar-refractivity contribution in [2.45, 2.75) is 25.7 Å². The van der Waals surface area contributed by atoms with Crippen LogP contribution >= 0.6 is 12.2 Å². The molecule has 3 aromatic carbocycles. The van der Waals surface area contributed by atoms with Gasteiger partial charge in [0.05, 0.1) is 13.2 Å². The summed E-state index contributed by atoms with van der Waals surface area (Å²) < 4.78 is 11.6.